The summed E-state index contributed by atoms with van der Waals surface area (Å²) in [4.78, 5) is 26.5. The number of hydrogen-bond donors (Lipinski definition) is 0. The maximum Gasteiger partial charge on any atom is 0.243 e. The van der Waals surface area contributed by atoms with Gasteiger partial charge >= 0.3 is 0 Å². The second kappa shape index (κ2) is 5.93. The Kier molecular flexibility index (Phi) is 3.97. The number of benzene rings is 1. The minimum absolute atomic E-state index is 0.148. The lowest BCUT2D eigenvalue weighted by atomic mass is 9.85. The van der Waals surface area contributed by atoms with Crippen molar-refractivity contribution in [1.82, 2.24) is 9.21 Å². The molecule has 25 heavy (non-hydrogen) atoms. The molecule has 1 aromatic carbocycles. The quantitative estimate of drug-likeness (QED) is 0.590. The average molecular weight is 381 g/mol. The van der Waals surface area contributed by atoms with Gasteiger partial charge in [0.25, 0.3) is 0 Å². The first-order valence-corrected chi connectivity index (χ1v) is 9.99. The Balaban J connectivity index is 1.48. The smallest absolute Gasteiger partial charge is 0.243 e. The predicted octanol–water partition coefficient (Wildman–Crippen LogP) is 1.66. The minimum Gasteiger partial charge on any atom is -0.276 e. The molecule has 2 aliphatic heterocycles. The van der Waals surface area contributed by atoms with E-state index in [0.29, 0.717) is 17.9 Å². The molecule has 2 atom stereocenters. The number of sulfonamides is 1. The maximum atomic E-state index is 12.6. The zero-order valence-electron chi connectivity index (χ0n) is 13.3. The van der Waals surface area contributed by atoms with E-state index in [4.69, 9.17) is 11.6 Å². The number of carbonyl (C=O) groups is 2. The number of carbonyl (C=O) groups excluding carboxylic acids is 2. The molecule has 0 N–H and O–H groups in total. The molecule has 132 valence electrons. The Bertz CT molecular complexity index is 833. The van der Waals surface area contributed by atoms with Gasteiger partial charge in [-0.2, -0.15) is 4.31 Å². The number of imide groups is 1. The van der Waals surface area contributed by atoms with Gasteiger partial charge < -0.3 is 0 Å². The summed E-state index contributed by atoms with van der Waals surface area (Å²) in [5.74, 6) is -0.875. The van der Waals surface area contributed by atoms with Gasteiger partial charge in [0.05, 0.1) is 22.8 Å². The number of allylic oxidation sites excluding steroid dienone is 2. The van der Waals surface area contributed by atoms with E-state index in [2.05, 4.69) is 0 Å². The summed E-state index contributed by atoms with van der Waals surface area (Å²) < 4.78 is 26.5. The zero-order valence-corrected chi connectivity index (χ0v) is 14.9. The third-order valence-electron chi connectivity index (χ3n) is 5.19. The van der Waals surface area contributed by atoms with Crippen LogP contribution in [0, 0.1) is 11.8 Å². The molecule has 0 radical (unpaired) electrons. The number of amides is 2. The molecule has 1 aromatic rings. The molecule has 8 heteroatoms. The van der Waals surface area contributed by atoms with Crippen molar-refractivity contribution >= 4 is 33.4 Å². The van der Waals surface area contributed by atoms with Crippen molar-refractivity contribution < 1.29 is 18.0 Å². The number of halogens is 1. The van der Waals surface area contributed by atoms with Crippen LogP contribution in [0.1, 0.15) is 12.8 Å². The Hall–Kier alpha value is -1.70. The number of fused-ring (bicyclic) bond motifs is 1. The fourth-order valence-corrected chi connectivity index (χ4v) is 5.36. The van der Waals surface area contributed by atoms with Crippen molar-refractivity contribution in [3.8, 4) is 0 Å². The van der Waals surface area contributed by atoms with Crippen molar-refractivity contribution in [2.24, 2.45) is 11.8 Å². The van der Waals surface area contributed by atoms with Crippen LogP contribution < -0.4 is 0 Å². The van der Waals surface area contributed by atoms with Crippen LogP contribution >= 0.6 is 11.6 Å². The molecule has 1 aliphatic carbocycles. The van der Waals surface area contributed by atoms with Gasteiger partial charge in [-0.3, -0.25) is 14.5 Å². The molecule has 0 saturated carbocycles. The monoisotopic (exact) mass is 380 g/mol. The molecule has 2 amide bonds. The fraction of sp³-hybridized carbons (Fsp3) is 0.412. The molecule has 0 spiro atoms. The summed E-state index contributed by atoms with van der Waals surface area (Å²) in [6.45, 7) is 0.296. The van der Waals surface area contributed by atoms with Crippen molar-refractivity contribution in [1.29, 1.82) is 0 Å². The number of nitrogens with zero attached hydrogens (tertiary/aromatic N) is 2. The Morgan fingerprint density at radius 3 is 1.96 bits per heavy atom. The van der Waals surface area contributed by atoms with E-state index >= 15 is 0 Å². The van der Waals surface area contributed by atoms with Crippen molar-refractivity contribution in [2.75, 3.05) is 13.1 Å². The van der Waals surface area contributed by atoms with Crippen LogP contribution in [0.15, 0.2) is 41.3 Å². The van der Waals surface area contributed by atoms with E-state index in [-0.39, 0.29) is 47.7 Å². The summed E-state index contributed by atoms with van der Waals surface area (Å²) in [7, 11) is -3.63. The maximum absolute atomic E-state index is 12.6. The third kappa shape index (κ3) is 2.61. The fourth-order valence-electron chi connectivity index (χ4n) is 3.72. The molecule has 4 rings (SSSR count). The predicted molar refractivity (Wildman–Crippen MR) is 91.2 cm³/mol. The van der Waals surface area contributed by atoms with Gasteiger partial charge in [0, 0.05) is 18.1 Å². The van der Waals surface area contributed by atoms with Gasteiger partial charge in [0.2, 0.25) is 21.8 Å². The molecular formula is C17H17ClN2O4S. The van der Waals surface area contributed by atoms with E-state index in [1.54, 1.807) is 0 Å². The number of rotatable bonds is 3. The normalized spacial score (nSPS) is 27.5. The highest BCUT2D eigenvalue weighted by Crippen LogP contribution is 2.38. The molecule has 2 heterocycles. The summed E-state index contributed by atoms with van der Waals surface area (Å²) in [6.07, 6.45) is 5.05. The van der Waals surface area contributed by atoms with E-state index < -0.39 is 10.0 Å². The van der Waals surface area contributed by atoms with E-state index in [0.717, 1.165) is 0 Å². The molecule has 2 fully saturated rings. The largest absolute Gasteiger partial charge is 0.276 e. The lowest BCUT2D eigenvalue weighted by Crippen LogP contribution is -2.62. The molecular weight excluding hydrogens is 364 g/mol. The number of hydrogen-bond acceptors (Lipinski definition) is 4. The molecule has 2 unspecified atom stereocenters. The lowest BCUT2D eigenvalue weighted by Gasteiger charge is -2.42. The van der Waals surface area contributed by atoms with Crippen LogP contribution in [0.3, 0.4) is 0 Å². The first kappa shape index (κ1) is 16.8. The minimum atomic E-state index is -3.63. The third-order valence-corrected chi connectivity index (χ3v) is 7.28. The van der Waals surface area contributed by atoms with Gasteiger partial charge in [0.1, 0.15) is 0 Å². The molecule has 0 bridgehead atoms. The second-order valence-electron chi connectivity index (χ2n) is 6.63. The summed E-state index contributed by atoms with van der Waals surface area (Å²) in [6, 6.07) is 5.59. The van der Waals surface area contributed by atoms with Crippen molar-refractivity contribution in [3.05, 3.63) is 41.4 Å². The summed E-state index contributed by atoms with van der Waals surface area (Å²) >= 11 is 5.80. The van der Waals surface area contributed by atoms with Crippen LogP contribution in [0.5, 0.6) is 0 Å². The van der Waals surface area contributed by atoms with E-state index in [9.17, 15) is 18.0 Å². The van der Waals surface area contributed by atoms with Crippen molar-refractivity contribution in [2.45, 2.75) is 23.8 Å². The Morgan fingerprint density at radius 2 is 1.44 bits per heavy atom. The van der Waals surface area contributed by atoms with Crippen LogP contribution in [0.4, 0.5) is 0 Å². The number of likely N-dealkylation sites (tertiary alicyclic amines) is 1. The average Bonchev–Trinajstić information content (AvgIpc) is 2.79. The topological polar surface area (TPSA) is 74.8 Å². The van der Waals surface area contributed by atoms with E-state index in [1.165, 1.54) is 33.5 Å². The first-order valence-electron chi connectivity index (χ1n) is 8.17. The highest BCUT2D eigenvalue weighted by Gasteiger charge is 2.53. The summed E-state index contributed by atoms with van der Waals surface area (Å²) in [5.41, 5.74) is 0. The van der Waals surface area contributed by atoms with Gasteiger partial charge in [-0.05, 0) is 37.1 Å². The Morgan fingerprint density at radius 1 is 0.920 bits per heavy atom. The molecule has 3 aliphatic rings. The summed E-state index contributed by atoms with van der Waals surface area (Å²) in [5, 5.41) is 0.463. The molecule has 0 aromatic heterocycles. The molecule has 2 saturated heterocycles. The Labute approximate surface area is 151 Å². The van der Waals surface area contributed by atoms with Crippen LogP contribution in [0.2, 0.25) is 5.02 Å². The van der Waals surface area contributed by atoms with Gasteiger partial charge in [-0.25, -0.2) is 8.42 Å². The van der Waals surface area contributed by atoms with E-state index in [1.807, 2.05) is 12.2 Å². The van der Waals surface area contributed by atoms with Crippen LogP contribution in [-0.2, 0) is 19.6 Å². The standard InChI is InChI=1S/C17H17ClN2O4S/c18-11-5-7-13(8-6-11)25(23,24)19-9-12(10-19)20-16(21)14-3-1-2-4-15(14)17(20)22/h1-2,5-8,12,14-15H,3-4,9-10H2. The van der Waals surface area contributed by atoms with Gasteiger partial charge in [-0.1, -0.05) is 23.8 Å². The van der Waals surface area contributed by atoms with Gasteiger partial charge in [-0.15, -0.1) is 0 Å². The molecule has 6 nitrogen and oxygen atoms in total. The SMILES string of the molecule is O=C1C2CC=CCC2C(=O)N1C1CN(S(=O)(=O)c2ccc(Cl)cc2)C1. The van der Waals surface area contributed by atoms with Crippen molar-refractivity contribution in [3.63, 3.8) is 0 Å². The van der Waals surface area contributed by atoms with Crippen LogP contribution in [0.25, 0.3) is 0 Å². The lowest BCUT2D eigenvalue weighted by molar-refractivity contribution is -0.145. The van der Waals surface area contributed by atoms with Crippen LogP contribution in [-0.4, -0.2) is 48.6 Å². The highest BCUT2D eigenvalue weighted by molar-refractivity contribution is 7.89. The van der Waals surface area contributed by atoms with Gasteiger partial charge in [0.15, 0.2) is 0 Å². The highest BCUT2D eigenvalue weighted by atomic mass is 35.5. The second-order valence-corrected chi connectivity index (χ2v) is 9.01. The zero-order chi connectivity index (χ0) is 17.8. The first-order chi connectivity index (χ1) is 11.9.